The van der Waals surface area contributed by atoms with Crippen LogP contribution in [0.25, 0.3) is 6.08 Å². The van der Waals surface area contributed by atoms with Crippen LogP contribution >= 0.6 is 0 Å². The number of sulfonamides is 1. The van der Waals surface area contributed by atoms with E-state index in [1.807, 2.05) is 56.3 Å². The molecule has 218 valence electrons. The number of nitrogens with zero attached hydrogens (tertiary/aromatic N) is 1. The van der Waals surface area contributed by atoms with Crippen LogP contribution in [-0.4, -0.2) is 50.3 Å². The summed E-state index contributed by atoms with van der Waals surface area (Å²) >= 11 is 0. The van der Waals surface area contributed by atoms with Gasteiger partial charge in [-0.15, -0.1) is 4.41 Å². The summed E-state index contributed by atoms with van der Waals surface area (Å²) in [7, 11) is -3.69. The normalized spacial score (nSPS) is 20.4. The maximum atomic E-state index is 13.7. The second-order valence-electron chi connectivity index (χ2n) is 11.2. The largest absolute Gasteiger partial charge is 0.350 e. The molecule has 1 unspecified atom stereocenters. The number of allylic oxidation sites excluding steroid dienone is 1. The van der Waals surface area contributed by atoms with Gasteiger partial charge in [-0.2, -0.15) is 0 Å². The molecule has 0 aromatic heterocycles. The lowest BCUT2D eigenvalue weighted by molar-refractivity contribution is -0.203. The molecular weight excluding hydrogens is 518 g/mol. The van der Waals surface area contributed by atoms with E-state index in [0.717, 1.165) is 54.8 Å². The first kappa shape index (κ1) is 31.3. The summed E-state index contributed by atoms with van der Waals surface area (Å²) < 4.78 is 31.8. The Bertz CT molecular complexity index is 1030. The Kier molecular flexibility index (Phi) is 12.4. The van der Waals surface area contributed by atoms with Gasteiger partial charge in [-0.1, -0.05) is 69.2 Å². The number of carbonyl (C=O) groups is 2. The second kappa shape index (κ2) is 15.5. The van der Waals surface area contributed by atoms with Crippen LogP contribution in [0.1, 0.15) is 77.2 Å². The number of hydrazine groups is 1. The summed E-state index contributed by atoms with van der Waals surface area (Å²) in [5.41, 5.74) is 6.20. The Morgan fingerprint density at radius 1 is 1.05 bits per heavy atom. The number of carbonyl (C=O) groups excluding carboxylic acids is 2. The minimum Gasteiger partial charge on any atom is -0.350 e. The Morgan fingerprint density at radius 2 is 1.74 bits per heavy atom. The van der Waals surface area contributed by atoms with Gasteiger partial charge in [0.25, 0.3) is 0 Å². The van der Waals surface area contributed by atoms with E-state index in [1.165, 1.54) is 0 Å². The second-order valence-corrected chi connectivity index (χ2v) is 13.1. The van der Waals surface area contributed by atoms with Crippen LogP contribution < -0.4 is 10.9 Å². The van der Waals surface area contributed by atoms with Gasteiger partial charge >= 0.3 is 0 Å². The highest BCUT2D eigenvalue weighted by molar-refractivity contribution is 7.88. The van der Waals surface area contributed by atoms with Crippen molar-refractivity contribution in [1.29, 1.82) is 0 Å². The van der Waals surface area contributed by atoms with Gasteiger partial charge in [-0.3, -0.25) is 15.0 Å². The van der Waals surface area contributed by atoms with Crippen molar-refractivity contribution < 1.29 is 27.6 Å². The first-order chi connectivity index (χ1) is 18.6. The van der Waals surface area contributed by atoms with Gasteiger partial charge in [-0.25, -0.2) is 18.7 Å². The lowest BCUT2D eigenvalue weighted by atomic mass is 9.82. The Labute approximate surface area is 233 Å². The van der Waals surface area contributed by atoms with Crippen molar-refractivity contribution in [3.05, 3.63) is 42.0 Å². The molecule has 1 aromatic rings. The van der Waals surface area contributed by atoms with Crippen LogP contribution in [-0.2, 0) is 29.2 Å². The summed E-state index contributed by atoms with van der Waals surface area (Å²) in [6.07, 6.45) is 11.6. The van der Waals surface area contributed by atoms with E-state index >= 15 is 0 Å². The highest BCUT2D eigenvalue weighted by Crippen LogP contribution is 2.28. The zero-order chi connectivity index (χ0) is 28.3. The molecule has 2 amide bonds. The molecule has 2 aliphatic rings. The molecule has 39 heavy (non-hydrogen) atoms. The minimum absolute atomic E-state index is 0.0956. The highest BCUT2D eigenvalue weighted by atomic mass is 32.2. The van der Waals surface area contributed by atoms with Crippen molar-refractivity contribution in [3.8, 4) is 0 Å². The third-order valence-electron chi connectivity index (χ3n) is 7.35. The van der Waals surface area contributed by atoms with Gasteiger partial charge in [0.05, 0.1) is 18.1 Å². The molecular formula is C29H45N3O6S. The Hall–Kier alpha value is -2.27. The van der Waals surface area contributed by atoms with Crippen LogP contribution in [0.15, 0.2) is 36.4 Å². The minimum atomic E-state index is -3.69. The van der Waals surface area contributed by atoms with Crippen molar-refractivity contribution in [1.82, 2.24) is 15.3 Å². The van der Waals surface area contributed by atoms with Gasteiger partial charge in [0.1, 0.15) is 0 Å². The first-order valence-corrected chi connectivity index (χ1v) is 16.0. The third-order valence-corrected chi connectivity index (χ3v) is 8.39. The molecule has 9 nitrogen and oxygen atoms in total. The van der Waals surface area contributed by atoms with Gasteiger partial charge < -0.3 is 4.74 Å². The topological polar surface area (TPSA) is 114 Å². The van der Waals surface area contributed by atoms with Gasteiger partial charge in [-0.05, 0) is 55.9 Å². The number of hydroxylamine groups is 1. The molecule has 1 heterocycles. The summed E-state index contributed by atoms with van der Waals surface area (Å²) in [4.78, 5) is 32.8. The van der Waals surface area contributed by atoms with Crippen molar-refractivity contribution in [3.63, 3.8) is 0 Å². The maximum absolute atomic E-state index is 13.7. The van der Waals surface area contributed by atoms with Crippen molar-refractivity contribution in [2.45, 2.75) is 77.9 Å². The molecule has 1 saturated heterocycles. The van der Waals surface area contributed by atoms with E-state index in [-0.39, 0.29) is 24.8 Å². The van der Waals surface area contributed by atoms with Crippen molar-refractivity contribution in [2.75, 3.05) is 19.4 Å². The number of amides is 2. The predicted molar refractivity (Wildman–Crippen MR) is 151 cm³/mol. The monoisotopic (exact) mass is 563 g/mol. The van der Waals surface area contributed by atoms with Crippen molar-refractivity contribution in [2.24, 2.45) is 23.7 Å². The number of benzene rings is 1. The predicted octanol–water partition coefficient (Wildman–Crippen LogP) is 4.43. The molecule has 0 radical (unpaired) electrons. The molecule has 2 fully saturated rings. The zero-order valence-corrected chi connectivity index (χ0v) is 24.3. The summed E-state index contributed by atoms with van der Waals surface area (Å²) in [6, 6.07) is 9.71. The van der Waals surface area contributed by atoms with E-state index in [4.69, 9.17) is 9.57 Å². The Morgan fingerprint density at radius 3 is 2.36 bits per heavy atom. The number of ether oxygens (including phenoxy) is 1. The smallest absolute Gasteiger partial charge is 0.247 e. The SMILES string of the molecule is CC(C)C[C@@H](C(=O)NN(CC1CCCC1)S(C)(=O)=O)[C@H](C/C=C/c1ccccc1)C(=O)NOC1CCCCO1. The molecule has 2 N–H and O–H groups in total. The fourth-order valence-electron chi connectivity index (χ4n) is 5.23. The zero-order valence-electron chi connectivity index (χ0n) is 23.5. The van der Waals surface area contributed by atoms with E-state index in [9.17, 15) is 18.0 Å². The van der Waals surface area contributed by atoms with Gasteiger partial charge in [0.15, 0.2) is 6.29 Å². The molecule has 1 aliphatic heterocycles. The van der Waals surface area contributed by atoms with E-state index in [0.29, 0.717) is 19.4 Å². The highest BCUT2D eigenvalue weighted by Gasteiger charge is 2.36. The molecule has 0 spiro atoms. The lowest BCUT2D eigenvalue weighted by Crippen LogP contribution is -2.52. The van der Waals surface area contributed by atoms with Crippen molar-refractivity contribution >= 4 is 27.9 Å². The Balaban J connectivity index is 1.80. The van der Waals surface area contributed by atoms with Crippen LogP contribution in [0.4, 0.5) is 0 Å². The molecule has 1 saturated carbocycles. The van der Waals surface area contributed by atoms with Crippen LogP contribution in [0.5, 0.6) is 0 Å². The first-order valence-electron chi connectivity index (χ1n) is 14.2. The van der Waals surface area contributed by atoms with Crippen LogP contribution in [0, 0.1) is 23.7 Å². The van der Waals surface area contributed by atoms with E-state index in [1.54, 1.807) is 0 Å². The number of hydrogen-bond donors (Lipinski definition) is 2. The van der Waals surface area contributed by atoms with Crippen LogP contribution in [0.3, 0.4) is 0 Å². The summed E-state index contributed by atoms with van der Waals surface area (Å²) in [5.74, 6) is -2.14. The molecule has 10 heteroatoms. The molecule has 3 rings (SSSR count). The van der Waals surface area contributed by atoms with E-state index < -0.39 is 40.0 Å². The number of rotatable bonds is 14. The molecule has 0 bridgehead atoms. The van der Waals surface area contributed by atoms with E-state index in [2.05, 4.69) is 10.9 Å². The molecule has 1 aliphatic carbocycles. The fourth-order valence-corrected chi connectivity index (χ4v) is 5.97. The van der Waals surface area contributed by atoms with Gasteiger partial charge in [0.2, 0.25) is 21.8 Å². The molecule has 3 atom stereocenters. The van der Waals surface area contributed by atoms with Crippen LogP contribution in [0.2, 0.25) is 0 Å². The average Bonchev–Trinajstić information content (AvgIpc) is 3.42. The molecule has 1 aromatic carbocycles. The average molecular weight is 564 g/mol. The third kappa shape index (κ3) is 10.7. The lowest BCUT2D eigenvalue weighted by Gasteiger charge is -2.30. The van der Waals surface area contributed by atoms with Gasteiger partial charge in [0, 0.05) is 19.6 Å². The summed E-state index contributed by atoms with van der Waals surface area (Å²) in [5, 5.41) is 0. The standard InChI is InChI=1S/C29H45N3O6S/c1-22(2)20-26(28(33)30-32(39(3,35)36)21-24-14-7-8-15-24)25(17-11-16-23-12-5-4-6-13-23)29(34)31-38-27-18-9-10-19-37-27/h4-6,11-13,16,22,24-27H,7-10,14-15,17-21H2,1-3H3,(H,30,33)(H,31,34)/b16-11+/t25-,26+,27?/m0/s1. The number of hydrogen-bond acceptors (Lipinski definition) is 6. The quantitative estimate of drug-likeness (QED) is 0.324. The summed E-state index contributed by atoms with van der Waals surface area (Å²) in [6.45, 7) is 4.78. The number of nitrogens with one attached hydrogen (secondary N) is 2. The fraction of sp³-hybridized carbons (Fsp3) is 0.655. The maximum Gasteiger partial charge on any atom is 0.247 e.